The standard InChI is InChI=1S/C14H22N4O5/c1-7(2)12(16)13(20)23-8-5-11(22-9(8)6-19)18-4-3-10(15)17-14(18)21/h3-4,7-9,11-12,19H,5-6,16H2,1-2H3,(H2,15,17,21)/t8-,9+,11+,12-/m0/s1. The summed E-state index contributed by atoms with van der Waals surface area (Å²) in [6.45, 7) is 3.27. The van der Waals surface area contributed by atoms with E-state index in [1.807, 2.05) is 13.8 Å². The second-order valence-electron chi connectivity index (χ2n) is 5.83. The maximum absolute atomic E-state index is 12.0. The summed E-state index contributed by atoms with van der Waals surface area (Å²) in [5.74, 6) is -0.526. The normalized spacial score (nSPS) is 25.5. The van der Waals surface area contributed by atoms with Crippen LogP contribution >= 0.6 is 0 Å². The van der Waals surface area contributed by atoms with Gasteiger partial charge in [0.1, 0.15) is 30.3 Å². The number of carbonyl (C=O) groups is 1. The molecule has 0 spiro atoms. The minimum Gasteiger partial charge on any atom is -0.458 e. The molecule has 0 unspecified atom stereocenters. The molecule has 5 N–H and O–H groups in total. The van der Waals surface area contributed by atoms with E-state index >= 15 is 0 Å². The first-order valence-electron chi connectivity index (χ1n) is 7.40. The molecule has 0 radical (unpaired) electrons. The van der Waals surface area contributed by atoms with Gasteiger partial charge in [0.25, 0.3) is 0 Å². The van der Waals surface area contributed by atoms with Crippen LogP contribution in [0.1, 0.15) is 26.5 Å². The van der Waals surface area contributed by atoms with Crippen molar-refractivity contribution in [3.63, 3.8) is 0 Å². The highest BCUT2D eigenvalue weighted by Crippen LogP contribution is 2.30. The molecule has 1 saturated heterocycles. The predicted molar refractivity (Wildman–Crippen MR) is 81.2 cm³/mol. The topological polar surface area (TPSA) is 143 Å². The molecule has 0 amide bonds. The smallest absolute Gasteiger partial charge is 0.351 e. The van der Waals surface area contributed by atoms with Gasteiger partial charge < -0.3 is 26.0 Å². The minimum atomic E-state index is -0.755. The number of hydrogen-bond donors (Lipinski definition) is 3. The van der Waals surface area contributed by atoms with Crippen LogP contribution < -0.4 is 17.2 Å². The Morgan fingerprint density at radius 2 is 2.30 bits per heavy atom. The molecule has 0 aromatic carbocycles. The molecule has 23 heavy (non-hydrogen) atoms. The number of hydrogen-bond acceptors (Lipinski definition) is 8. The predicted octanol–water partition coefficient (Wildman–Crippen LogP) is -1.000. The SMILES string of the molecule is CC(C)[C@H](N)C(=O)O[C@H]1C[C@H](n2ccc(N)nc2=O)O[C@@H]1CO. The molecule has 1 fully saturated rings. The number of aromatic nitrogens is 2. The first-order valence-corrected chi connectivity index (χ1v) is 7.40. The molecular weight excluding hydrogens is 304 g/mol. The van der Waals surface area contributed by atoms with Crippen molar-refractivity contribution < 1.29 is 19.4 Å². The van der Waals surface area contributed by atoms with Crippen molar-refractivity contribution in [2.75, 3.05) is 12.3 Å². The highest BCUT2D eigenvalue weighted by molar-refractivity contribution is 5.76. The molecule has 128 valence electrons. The molecule has 1 aromatic heterocycles. The van der Waals surface area contributed by atoms with Gasteiger partial charge in [-0.1, -0.05) is 13.8 Å². The molecule has 0 bridgehead atoms. The Labute approximate surface area is 133 Å². The average Bonchev–Trinajstić information content (AvgIpc) is 2.88. The summed E-state index contributed by atoms with van der Waals surface area (Å²) in [5, 5.41) is 9.40. The van der Waals surface area contributed by atoms with Crippen molar-refractivity contribution in [1.29, 1.82) is 0 Å². The highest BCUT2D eigenvalue weighted by Gasteiger charge is 2.39. The fourth-order valence-electron chi connectivity index (χ4n) is 2.30. The highest BCUT2D eigenvalue weighted by atomic mass is 16.6. The zero-order valence-electron chi connectivity index (χ0n) is 13.1. The van der Waals surface area contributed by atoms with E-state index in [4.69, 9.17) is 20.9 Å². The Morgan fingerprint density at radius 3 is 2.87 bits per heavy atom. The largest absolute Gasteiger partial charge is 0.458 e. The van der Waals surface area contributed by atoms with Gasteiger partial charge in [-0.15, -0.1) is 0 Å². The van der Waals surface area contributed by atoms with Crippen LogP contribution in [0.5, 0.6) is 0 Å². The lowest BCUT2D eigenvalue weighted by Crippen LogP contribution is -2.41. The van der Waals surface area contributed by atoms with Crippen molar-refractivity contribution in [2.45, 2.75) is 44.7 Å². The van der Waals surface area contributed by atoms with Crippen molar-refractivity contribution in [3.05, 3.63) is 22.7 Å². The number of carbonyl (C=O) groups excluding carboxylic acids is 1. The quantitative estimate of drug-likeness (QED) is 0.585. The molecule has 9 nitrogen and oxygen atoms in total. The maximum Gasteiger partial charge on any atom is 0.351 e. The minimum absolute atomic E-state index is 0.0721. The average molecular weight is 326 g/mol. The summed E-state index contributed by atoms with van der Waals surface area (Å²) in [6.07, 6.45) is -0.443. The Morgan fingerprint density at radius 1 is 1.61 bits per heavy atom. The molecule has 9 heteroatoms. The van der Waals surface area contributed by atoms with Crippen molar-refractivity contribution in [1.82, 2.24) is 9.55 Å². The lowest BCUT2D eigenvalue weighted by Gasteiger charge is -2.20. The Balaban J connectivity index is 2.11. The van der Waals surface area contributed by atoms with Gasteiger partial charge in [0, 0.05) is 12.6 Å². The van der Waals surface area contributed by atoms with Gasteiger partial charge in [0.05, 0.1) is 6.61 Å². The van der Waals surface area contributed by atoms with Crippen LogP contribution in [0.3, 0.4) is 0 Å². The number of aliphatic hydroxyl groups excluding tert-OH is 1. The number of ether oxygens (including phenoxy) is 2. The van der Waals surface area contributed by atoms with E-state index in [1.165, 1.54) is 16.8 Å². The van der Waals surface area contributed by atoms with E-state index < -0.39 is 36.1 Å². The van der Waals surface area contributed by atoms with E-state index in [9.17, 15) is 14.7 Å². The van der Waals surface area contributed by atoms with E-state index in [2.05, 4.69) is 4.98 Å². The zero-order chi connectivity index (χ0) is 17.1. The van der Waals surface area contributed by atoms with Gasteiger partial charge in [0.15, 0.2) is 0 Å². The molecule has 1 aromatic rings. The molecule has 0 aliphatic carbocycles. The fourth-order valence-corrected chi connectivity index (χ4v) is 2.30. The second kappa shape index (κ2) is 7.07. The fraction of sp³-hybridized carbons (Fsp3) is 0.643. The Kier molecular flexibility index (Phi) is 5.34. The molecular formula is C14H22N4O5. The lowest BCUT2D eigenvalue weighted by atomic mass is 10.1. The number of nitrogen functional groups attached to an aromatic ring is 1. The molecule has 1 aliphatic heterocycles. The van der Waals surface area contributed by atoms with E-state index in [0.717, 1.165) is 0 Å². The van der Waals surface area contributed by atoms with Gasteiger partial charge in [-0.05, 0) is 12.0 Å². The van der Waals surface area contributed by atoms with Crippen LogP contribution in [0.2, 0.25) is 0 Å². The van der Waals surface area contributed by atoms with Crippen LogP contribution in [0.4, 0.5) is 5.82 Å². The van der Waals surface area contributed by atoms with Gasteiger partial charge in [-0.25, -0.2) is 4.79 Å². The molecule has 0 saturated carbocycles. The number of anilines is 1. The summed E-state index contributed by atoms with van der Waals surface area (Å²) in [5.41, 5.74) is 10.6. The third-order valence-corrected chi connectivity index (χ3v) is 3.78. The van der Waals surface area contributed by atoms with Crippen molar-refractivity contribution in [3.8, 4) is 0 Å². The second-order valence-corrected chi connectivity index (χ2v) is 5.83. The number of esters is 1. The monoisotopic (exact) mass is 326 g/mol. The number of rotatable bonds is 5. The van der Waals surface area contributed by atoms with Crippen molar-refractivity contribution >= 4 is 11.8 Å². The van der Waals surface area contributed by atoms with Crippen molar-refractivity contribution in [2.24, 2.45) is 11.7 Å². The Hall–Kier alpha value is -1.97. The maximum atomic E-state index is 12.0. The third kappa shape index (κ3) is 3.87. The lowest BCUT2D eigenvalue weighted by molar-refractivity contribution is -0.155. The summed E-state index contributed by atoms with van der Waals surface area (Å²) in [4.78, 5) is 27.4. The van der Waals surface area contributed by atoms with E-state index in [1.54, 1.807) is 0 Å². The van der Waals surface area contributed by atoms with Crippen LogP contribution in [-0.4, -0.2) is 45.5 Å². The third-order valence-electron chi connectivity index (χ3n) is 3.78. The Bertz CT molecular complexity index is 617. The number of nitrogens with two attached hydrogens (primary N) is 2. The van der Waals surface area contributed by atoms with Crippen LogP contribution in [0.15, 0.2) is 17.1 Å². The van der Waals surface area contributed by atoms with Gasteiger partial charge in [-0.2, -0.15) is 4.98 Å². The number of aliphatic hydroxyl groups is 1. The van der Waals surface area contributed by atoms with Gasteiger partial charge in [-0.3, -0.25) is 9.36 Å². The molecule has 2 rings (SSSR count). The summed E-state index contributed by atoms with van der Waals surface area (Å²) in [6, 6.07) is 0.710. The van der Waals surface area contributed by atoms with Gasteiger partial charge in [0.2, 0.25) is 0 Å². The molecule has 4 atom stereocenters. The summed E-state index contributed by atoms with van der Waals surface area (Å²) < 4.78 is 12.2. The first kappa shape index (κ1) is 17.4. The van der Waals surface area contributed by atoms with Crippen LogP contribution in [0, 0.1) is 5.92 Å². The molecule has 1 aliphatic rings. The van der Waals surface area contributed by atoms with Crippen LogP contribution in [0.25, 0.3) is 0 Å². The van der Waals surface area contributed by atoms with E-state index in [-0.39, 0.29) is 24.8 Å². The number of nitrogens with zero attached hydrogens (tertiary/aromatic N) is 2. The van der Waals surface area contributed by atoms with Gasteiger partial charge >= 0.3 is 11.7 Å². The first-order chi connectivity index (χ1) is 10.8. The summed E-state index contributed by atoms with van der Waals surface area (Å²) in [7, 11) is 0. The zero-order valence-corrected chi connectivity index (χ0v) is 13.1. The summed E-state index contributed by atoms with van der Waals surface area (Å²) >= 11 is 0. The van der Waals surface area contributed by atoms with Crippen LogP contribution in [-0.2, 0) is 14.3 Å². The van der Waals surface area contributed by atoms with E-state index in [0.29, 0.717) is 0 Å². The molecule has 2 heterocycles.